The van der Waals surface area contributed by atoms with Crippen LogP contribution in [-0.2, 0) is 23.8 Å². The molecule has 0 radical (unpaired) electrons. The Kier molecular flexibility index (Phi) is 4.84. The molecule has 1 aliphatic carbocycles. The standard InChI is InChI=1S/C20H26O6/c1-10(2)9-13(21)24-16-14-12(4)19(23)25-17(14)18-20(5,26-18)8-6-7-11(3)15(16)22/h7,9,14-18,22H,4,6,8H2,1-3,5H3/b11-7+/t14-,15+,16-,17+,18-,20-/m1/s1. The molecule has 0 amide bonds. The molecule has 3 rings (SSSR count). The number of aliphatic hydroxyl groups excluding tert-OH is 1. The Morgan fingerprint density at radius 3 is 2.81 bits per heavy atom. The van der Waals surface area contributed by atoms with Gasteiger partial charge >= 0.3 is 11.9 Å². The van der Waals surface area contributed by atoms with Crippen LogP contribution < -0.4 is 0 Å². The maximum Gasteiger partial charge on any atom is 0.334 e. The molecule has 2 fully saturated rings. The summed E-state index contributed by atoms with van der Waals surface area (Å²) in [6.45, 7) is 11.2. The summed E-state index contributed by atoms with van der Waals surface area (Å²) in [5, 5.41) is 10.8. The molecule has 0 spiro atoms. The van der Waals surface area contributed by atoms with E-state index >= 15 is 0 Å². The molecule has 2 saturated heterocycles. The van der Waals surface area contributed by atoms with E-state index in [1.807, 2.05) is 13.0 Å². The number of epoxide rings is 1. The lowest BCUT2D eigenvalue weighted by Crippen LogP contribution is -2.45. The van der Waals surface area contributed by atoms with E-state index < -0.39 is 36.2 Å². The van der Waals surface area contributed by atoms with Crippen LogP contribution in [-0.4, -0.2) is 47.1 Å². The van der Waals surface area contributed by atoms with Crippen LogP contribution in [0.15, 0.2) is 35.5 Å². The van der Waals surface area contributed by atoms with E-state index in [1.165, 1.54) is 6.08 Å². The van der Waals surface area contributed by atoms with Gasteiger partial charge in [0, 0.05) is 11.6 Å². The summed E-state index contributed by atoms with van der Waals surface area (Å²) in [4.78, 5) is 24.4. The number of hydrogen-bond acceptors (Lipinski definition) is 6. The minimum Gasteiger partial charge on any atom is -0.455 e. The highest BCUT2D eigenvalue weighted by Gasteiger charge is 2.64. The maximum absolute atomic E-state index is 12.2. The Morgan fingerprint density at radius 2 is 2.15 bits per heavy atom. The summed E-state index contributed by atoms with van der Waals surface area (Å²) in [5.41, 5.74) is 1.29. The van der Waals surface area contributed by atoms with Gasteiger partial charge in [-0.15, -0.1) is 0 Å². The molecule has 3 aliphatic rings. The number of rotatable bonds is 2. The molecule has 2 heterocycles. The summed E-state index contributed by atoms with van der Waals surface area (Å²) in [5.74, 6) is -1.75. The van der Waals surface area contributed by atoms with Crippen molar-refractivity contribution in [2.45, 2.75) is 70.6 Å². The number of fused-ring (bicyclic) bond motifs is 3. The topological polar surface area (TPSA) is 85.4 Å². The second-order valence-electron chi connectivity index (χ2n) is 7.83. The fraction of sp³-hybridized carbons (Fsp3) is 0.600. The van der Waals surface area contributed by atoms with Crippen molar-refractivity contribution in [2.75, 3.05) is 0 Å². The van der Waals surface area contributed by atoms with Crippen molar-refractivity contribution in [3.8, 4) is 0 Å². The first-order valence-electron chi connectivity index (χ1n) is 8.92. The Balaban J connectivity index is 1.99. The van der Waals surface area contributed by atoms with E-state index in [4.69, 9.17) is 14.2 Å². The first-order valence-corrected chi connectivity index (χ1v) is 8.92. The largest absolute Gasteiger partial charge is 0.455 e. The van der Waals surface area contributed by atoms with E-state index in [0.717, 1.165) is 18.4 Å². The molecule has 0 aromatic heterocycles. The number of aliphatic hydroxyl groups is 1. The van der Waals surface area contributed by atoms with Crippen molar-refractivity contribution in [3.05, 3.63) is 35.5 Å². The molecule has 6 heteroatoms. The maximum atomic E-state index is 12.2. The van der Waals surface area contributed by atoms with Gasteiger partial charge in [0.2, 0.25) is 0 Å². The van der Waals surface area contributed by atoms with Gasteiger partial charge < -0.3 is 19.3 Å². The second kappa shape index (κ2) is 6.67. The summed E-state index contributed by atoms with van der Waals surface area (Å²) < 4.78 is 17.0. The third kappa shape index (κ3) is 3.35. The zero-order valence-corrected chi connectivity index (χ0v) is 15.7. The van der Waals surface area contributed by atoms with Crippen LogP contribution in [0.25, 0.3) is 0 Å². The molecule has 1 N–H and O–H groups in total. The highest BCUT2D eigenvalue weighted by Crippen LogP contribution is 2.50. The molecular formula is C20H26O6. The van der Waals surface area contributed by atoms with Gasteiger partial charge in [0.05, 0.1) is 11.5 Å². The second-order valence-corrected chi connectivity index (χ2v) is 7.83. The van der Waals surface area contributed by atoms with Crippen molar-refractivity contribution in [1.82, 2.24) is 0 Å². The molecule has 26 heavy (non-hydrogen) atoms. The van der Waals surface area contributed by atoms with Gasteiger partial charge in [0.15, 0.2) is 0 Å². The van der Waals surface area contributed by atoms with Crippen LogP contribution in [0.5, 0.6) is 0 Å². The Bertz CT molecular complexity index is 701. The average molecular weight is 362 g/mol. The van der Waals surface area contributed by atoms with E-state index in [1.54, 1.807) is 20.8 Å². The van der Waals surface area contributed by atoms with Crippen molar-refractivity contribution >= 4 is 11.9 Å². The molecule has 142 valence electrons. The number of carbonyl (C=O) groups excluding carboxylic acids is 2. The van der Waals surface area contributed by atoms with Crippen LogP contribution in [0.2, 0.25) is 0 Å². The number of hydrogen-bond donors (Lipinski definition) is 1. The molecule has 0 unspecified atom stereocenters. The van der Waals surface area contributed by atoms with E-state index in [2.05, 4.69) is 6.58 Å². The van der Waals surface area contributed by atoms with E-state index in [-0.39, 0.29) is 17.3 Å². The molecule has 2 aliphatic heterocycles. The molecule has 0 aromatic rings. The van der Waals surface area contributed by atoms with Crippen molar-refractivity contribution < 1.29 is 28.9 Å². The van der Waals surface area contributed by atoms with E-state index in [0.29, 0.717) is 5.57 Å². The normalized spacial score (nSPS) is 41.1. The molecular weight excluding hydrogens is 336 g/mol. The highest BCUT2D eigenvalue weighted by atomic mass is 16.6. The molecule has 0 bridgehead atoms. The first-order chi connectivity index (χ1) is 12.1. The molecule has 6 nitrogen and oxygen atoms in total. The Morgan fingerprint density at radius 1 is 1.46 bits per heavy atom. The van der Waals surface area contributed by atoms with Gasteiger partial charge in [0.25, 0.3) is 0 Å². The summed E-state index contributed by atoms with van der Waals surface area (Å²) >= 11 is 0. The van der Waals surface area contributed by atoms with Crippen molar-refractivity contribution in [2.24, 2.45) is 5.92 Å². The quantitative estimate of drug-likeness (QED) is 0.351. The van der Waals surface area contributed by atoms with Crippen LogP contribution in [0.1, 0.15) is 40.5 Å². The molecule has 0 aromatic carbocycles. The number of ether oxygens (including phenoxy) is 3. The predicted octanol–water partition coefficient (Wildman–Crippen LogP) is 2.22. The third-order valence-corrected chi connectivity index (χ3v) is 5.40. The van der Waals surface area contributed by atoms with Gasteiger partial charge in [-0.2, -0.15) is 0 Å². The fourth-order valence-corrected chi connectivity index (χ4v) is 3.82. The summed E-state index contributed by atoms with van der Waals surface area (Å²) in [6, 6.07) is 0. The average Bonchev–Trinajstić information content (AvgIpc) is 3.12. The highest BCUT2D eigenvalue weighted by molar-refractivity contribution is 5.91. The zero-order chi connectivity index (χ0) is 19.2. The SMILES string of the molecule is C=C1C(=O)O[C@H]2[C@H]1[C@@H](OC(=O)C=C(C)C)[C@@H](O)/C(C)=C/CC[C@@]1(C)O[C@H]21. The number of carbonyl (C=O) groups is 2. The summed E-state index contributed by atoms with van der Waals surface area (Å²) in [7, 11) is 0. The van der Waals surface area contributed by atoms with Crippen molar-refractivity contribution in [1.29, 1.82) is 0 Å². The lowest BCUT2D eigenvalue weighted by atomic mass is 9.81. The number of esters is 2. The minimum atomic E-state index is -1.05. The summed E-state index contributed by atoms with van der Waals surface area (Å²) in [6.07, 6.45) is 1.84. The van der Waals surface area contributed by atoms with E-state index in [9.17, 15) is 14.7 Å². The van der Waals surface area contributed by atoms with Gasteiger partial charge in [-0.3, -0.25) is 0 Å². The van der Waals surface area contributed by atoms with Gasteiger partial charge in [-0.05, 0) is 46.1 Å². The Labute approximate surface area is 153 Å². The van der Waals surface area contributed by atoms with Gasteiger partial charge in [-0.1, -0.05) is 18.2 Å². The smallest absolute Gasteiger partial charge is 0.334 e. The third-order valence-electron chi connectivity index (χ3n) is 5.40. The lowest BCUT2D eigenvalue weighted by molar-refractivity contribution is -0.153. The molecule has 6 atom stereocenters. The lowest BCUT2D eigenvalue weighted by Gasteiger charge is -2.31. The van der Waals surface area contributed by atoms with Crippen LogP contribution in [0, 0.1) is 5.92 Å². The minimum absolute atomic E-state index is 0.204. The zero-order valence-electron chi connectivity index (χ0n) is 15.7. The van der Waals surface area contributed by atoms with Gasteiger partial charge in [0.1, 0.15) is 24.4 Å². The van der Waals surface area contributed by atoms with Gasteiger partial charge in [-0.25, -0.2) is 9.59 Å². The van der Waals surface area contributed by atoms with Crippen molar-refractivity contribution in [3.63, 3.8) is 0 Å². The molecule has 0 saturated carbocycles. The number of allylic oxidation sites excluding steroid dienone is 2. The van der Waals surface area contributed by atoms with Crippen LogP contribution >= 0.6 is 0 Å². The van der Waals surface area contributed by atoms with Crippen LogP contribution in [0.3, 0.4) is 0 Å². The monoisotopic (exact) mass is 362 g/mol. The predicted molar refractivity (Wildman–Crippen MR) is 94.1 cm³/mol. The fourth-order valence-electron chi connectivity index (χ4n) is 3.82. The van der Waals surface area contributed by atoms with Crippen LogP contribution in [0.4, 0.5) is 0 Å². The first kappa shape index (κ1) is 18.9. The Hall–Kier alpha value is -1.92.